The molecule has 9 heteroatoms. The summed E-state index contributed by atoms with van der Waals surface area (Å²) in [6, 6.07) is 13.5. The van der Waals surface area contributed by atoms with E-state index in [0.29, 0.717) is 0 Å². The Labute approximate surface area is 168 Å². The molecule has 0 fully saturated rings. The van der Waals surface area contributed by atoms with E-state index in [1.54, 1.807) is 18.2 Å². The van der Waals surface area contributed by atoms with Crippen LogP contribution in [0.1, 0.15) is 20.7 Å². The summed E-state index contributed by atoms with van der Waals surface area (Å²) in [5, 5.41) is 0. The fourth-order valence-corrected chi connectivity index (χ4v) is 2.14. The largest absolute Gasteiger partial charge is 1.00 e. The van der Waals surface area contributed by atoms with E-state index in [-0.39, 0.29) is 45.6 Å². The van der Waals surface area contributed by atoms with Gasteiger partial charge in [-0.3, -0.25) is 0 Å². The molecule has 0 saturated heterocycles. The van der Waals surface area contributed by atoms with Gasteiger partial charge in [-0.15, -0.1) is 0 Å². The van der Waals surface area contributed by atoms with Crippen molar-refractivity contribution >= 4 is 22.1 Å². The predicted molar refractivity (Wildman–Crippen MR) is 83.5 cm³/mol. The Hall–Kier alpha value is -1.71. The molecular weight excluding hydrogens is 359 g/mol. The van der Waals surface area contributed by atoms with E-state index in [0.717, 1.165) is 0 Å². The van der Waals surface area contributed by atoms with E-state index in [1.165, 1.54) is 50.6 Å². The molecule has 0 amide bonds. The third kappa shape index (κ3) is 7.37. The summed E-state index contributed by atoms with van der Waals surface area (Å²) in [5.41, 5.74) is 0.420. The van der Waals surface area contributed by atoms with Crippen LogP contribution in [0.4, 0.5) is 0 Å². The van der Waals surface area contributed by atoms with Crippen LogP contribution in [-0.2, 0) is 19.6 Å². The van der Waals surface area contributed by atoms with Crippen molar-refractivity contribution in [2.75, 3.05) is 14.2 Å². The molecule has 0 aromatic heterocycles. The minimum Gasteiger partial charge on any atom is -0.744 e. The van der Waals surface area contributed by atoms with Gasteiger partial charge in [-0.2, -0.15) is 0 Å². The van der Waals surface area contributed by atoms with Gasteiger partial charge in [0.2, 0.25) is 0 Å². The molecule has 0 spiro atoms. The fraction of sp³-hybridized carbons (Fsp3) is 0.125. The maximum atomic E-state index is 11.2. The predicted octanol–water partition coefficient (Wildman–Crippen LogP) is -1.15. The van der Waals surface area contributed by atoms with Gasteiger partial charge < -0.3 is 14.0 Å². The molecule has 0 aliphatic carbocycles. The molecule has 0 N–H and O–H groups in total. The number of carbonyl (C=O) groups is 2. The molecule has 0 unspecified atom stereocenters. The quantitative estimate of drug-likeness (QED) is 0.379. The minimum atomic E-state index is -4.25. The number of carbonyl (C=O) groups excluding carboxylic acids is 2. The van der Waals surface area contributed by atoms with Crippen molar-refractivity contribution in [3.63, 3.8) is 0 Å². The first-order valence-corrected chi connectivity index (χ1v) is 7.98. The number of ether oxygens (including phenoxy) is 2. The number of hydrogen-bond donors (Lipinski definition) is 0. The molecule has 0 aliphatic heterocycles. The van der Waals surface area contributed by atoms with Crippen LogP contribution in [0.15, 0.2) is 59.5 Å². The van der Waals surface area contributed by atoms with Crippen LogP contribution in [-0.4, -0.2) is 39.1 Å². The molecule has 7 nitrogen and oxygen atoms in total. The Bertz CT molecular complexity index is 769. The van der Waals surface area contributed by atoms with Crippen molar-refractivity contribution in [2.24, 2.45) is 0 Å². The second kappa shape index (κ2) is 11.0. The van der Waals surface area contributed by atoms with Crippen molar-refractivity contribution in [3.05, 3.63) is 65.7 Å². The van der Waals surface area contributed by atoms with Crippen LogP contribution < -0.4 is 29.6 Å². The number of rotatable bonds is 3. The zero-order valence-electron chi connectivity index (χ0n) is 14.0. The van der Waals surface area contributed by atoms with Crippen LogP contribution in [0.5, 0.6) is 0 Å². The molecule has 0 aliphatic rings. The minimum absolute atomic E-state index is 0. The summed E-state index contributed by atoms with van der Waals surface area (Å²) in [6.07, 6.45) is 0. The second-order valence-electron chi connectivity index (χ2n) is 4.30. The first-order valence-electron chi connectivity index (χ1n) is 6.58. The van der Waals surface area contributed by atoms with E-state index in [2.05, 4.69) is 9.47 Å². The van der Waals surface area contributed by atoms with Crippen molar-refractivity contribution in [3.8, 4) is 0 Å². The Morgan fingerprint density at radius 2 is 1.16 bits per heavy atom. The average molecular weight is 374 g/mol. The number of esters is 2. The maximum absolute atomic E-state index is 11.2. The van der Waals surface area contributed by atoms with Crippen molar-refractivity contribution in [1.29, 1.82) is 0 Å². The SMILES string of the molecule is COC(=O)c1ccccc1C(=O)OC.O=S(=O)([O-])c1ccccc1.[Na+]. The van der Waals surface area contributed by atoms with E-state index in [1.807, 2.05) is 0 Å². The standard InChI is InChI=1S/C10H10O4.C6H6O3S.Na/c1-13-9(11)7-5-3-4-6-8(7)10(12)14-2;7-10(8,9)6-4-2-1-3-5-6;/h3-6H,1-2H3;1-5H,(H,7,8,9);/q;;+1/p-1. The third-order valence-corrected chi connectivity index (χ3v) is 3.62. The monoisotopic (exact) mass is 374 g/mol. The Morgan fingerprint density at radius 1 is 0.800 bits per heavy atom. The molecule has 128 valence electrons. The first kappa shape index (κ1) is 23.3. The molecule has 0 heterocycles. The first-order chi connectivity index (χ1) is 11.3. The molecule has 0 atom stereocenters. The van der Waals surface area contributed by atoms with E-state index in [9.17, 15) is 22.6 Å². The maximum Gasteiger partial charge on any atom is 1.00 e. The zero-order chi connectivity index (χ0) is 18.2. The topological polar surface area (TPSA) is 110 Å². The van der Waals surface area contributed by atoms with Crippen LogP contribution in [0.2, 0.25) is 0 Å². The molecule has 25 heavy (non-hydrogen) atoms. The van der Waals surface area contributed by atoms with Crippen LogP contribution in [0.3, 0.4) is 0 Å². The van der Waals surface area contributed by atoms with Gasteiger partial charge in [-0.05, 0) is 24.3 Å². The van der Waals surface area contributed by atoms with Gasteiger partial charge in [0, 0.05) is 0 Å². The van der Waals surface area contributed by atoms with Gasteiger partial charge in [0.15, 0.2) is 0 Å². The summed E-state index contributed by atoms with van der Waals surface area (Å²) in [5.74, 6) is -1.10. The normalized spacial score (nSPS) is 9.72. The van der Waals surface area contributed by atoms with Crippen LogP contribution in [0, 0.1) is 0 Å². The molecule has 0 saturated carbocycles. The van der Waals surface area contributed by atoms with Crippen molar-refractivity contribution in [1.82, 2.24) is 0 Å². The smallest absolute Gasteiger partial charge is 0.744 e. The summed E-state index contributed by atoms with van der Waals surface area (Å²) < 4.78 is 39.9. The van der Waals surface area contributed by atoms with Gasteiger partial charge in [-0.25, -0.2) is 18.0 Å². The summed E-state index contributed by atoms with van der Waals surface area (Å²) in [6.45, 7) is 0. The Kier molecular flexibility index (Phi) is 10.3. The van der Waals surface area contributed by atoms with E-state index >= 15 is 0 Å². The van der Waals surface area contributed by atoms with Gasteiger partial charge >= 0.3 is 41.5 Å². The fourth-order valence-electron chi connectivity index (χ4n) is 1.65. The number of benzene rings is 2. The van der Waals surface area contributed by atoms with Crippen molar-refractivity contribution in [2.45, 2.75) is 4.90 Å². The van der Waals surface area contributed by atoms with Crippen LogP contribution in [0.25, 0.3) is 0 Å². The molecular formula is C16H15NaO7S. The van der Waals surface area contributed by atoms with Gasteiger partial charge in [0.25, 0.3) is 0 Å². The zero-order valence-corrected chi connectivity index (χ0v) is 16.8. The van der Waals surface area contributed by atoms with Gasteiger partial charge in [0.1, 0.15) is 10.1 Å². The summed E-state index contributed by atoms with van der Waals surface area (Å²) in [7, 11) is -1.73. The molecule has 0 radical (unpaired) electrons. The summed E-state index contributed by atoms with van der Waals surface area (Å²) in [4.78, 5) is 22.3. The van der Waals surface area contributed by atoms with E-state index in [4.69, 9.17) is 0 Å². The molecule has 2 aromatic rings. The van der Waals surface area contributed by atoms with Crippen LogP contribution >= 0.6 is 0 Å². The third-order valence-electron chi connectivity index (χ3n) is 2.77. The number of methoxy groups -OCH3 is 2. The Morgan fingerprint density at radius 3 is 1.44 bits per heavy atom. The van der Waals surface area contributed by atoms with Gasteiger partial charge in [0.05, 0.1) is 30.2 Å². The molecule has 0 bridgehead atoms. The molecule has 2 aromatic carbocycles. The molecule has 2 rings (SSSR count). The summed E-state index contributed by atoms with van der Waals surface area (Å²) >= 11 is 0. The van der Waals surface area contributed by atoms with Gasteiger partial charge in [-0.1, -0.05) is 30.3 Å². The number of hydrogen-bond acceptors (Lipinski definition) is 7. The average Bonchev–Trinajstić information content (AvgIpc) is 2.61. The van der Waals surface area contributed by atoms with E-state index < -0.39 is 22.1 Å². The Balaban J connectivity index is 0.000000465. The van der Waals surface area contributed by atoms with Crippen molar-refractivity contribution < 1.29 is 61.6 Å². The second-order valence-corrected chi connectivity index (χ2v) is 5.68.